The first-order valence-electron chi connectivity index (χ1n) is 14.4. The Bertz CT molecular complexity index is 2060. The summed E-state index contributed by atoms with van der Waals surface area (Å²) in [7, 11) is 4.15. The first-order chi connectivity index (χ1) is 22.7. The van der Waals surface area contributed by atoms with Crippen LogP contribution in [0.15, 0.2) is 106 Å². The van der Waals surface area contributed by atoms with Crippen molar-refractivity contribution in [2.75, 3.05) is 21.3 Å². The number of ketones is 2. The molecular weight excluding hydrogens is 604 g/mol. The van der Waals surface area contributed by atoms with Crippen LogP contribution in [-0.2, 0) is 31.9 Å². The molecule has 0 aliphatic rings. The molecule has 47 heavy (non-hydrogen) atoms. The number of furan rings is 2. The van der Waals surface area contributed by atoms with Gasteiger partial charge in [-0.2, -0.15) is 0 Å². The van der Waals surface area contributed by atoms with Gasteiger partial charge in [-0.15, -0.1) is 0 Å². The summed E-state index contributed by atoms with van der Waals surface area (Å²) in [4.78, 5) is 49.0. The highest BCUT2D eigenvalue weighted by Gasteiger charge is 2.25. The molecule has 4 aromatic carbocycles. The summed E-state index contributed by atoms with van der Waals surface area (Å²) in [6.45, 7) is 0. The Kier molecular flexibility index (Phi) is 9.81. The van der Waals surface area contributed by atoms with Gasteiger partial charge in [0.15, 0.2) is 11.6 Å². The zero-order valence-corrected chi connectivity index (χ0v) is 25.8. The molecule has 0 spiro atoms. The minimum absolute atomic E-state index is 0.0772. The molecule has 0 unspecified atom stereocenters. The Hall–Kier alpha value is -6.16. The zero-order chi connectivity index (χ0) is 33.5. The van der Waals surface area contributed by atoms with Gasteiger partial charge in [0, 0.05) is 21.9 Å². The highest BCUT2D eigenvalue weighted by molar-refractivity contribution is 6.18. The van der Waals surface area contributed by atoms with E-state index in [0.29, 0.717) is 55.7 Å². The third kappa shape index (κ3) is 7.07. The molecule has 2 aromatic heterocycles. The predicted octanol–water partition coefficient (Wildman–Crippen LogP) is 6.47. The summed E-state index contributed by atoms with van der Waals surface area (Å²) >= 11 is 0. The van der Waals surface area contributed by atoms with Crippen LogP contribution in [0.2, 0.25) is 0 Å². The lowest BCUT2D eigenvalue weighted by atomic mass is 9.99. The van der Waals surface area contributed by atoms with Gasteiger partial charge in [0.25, 0.3) is 0 Å². The quantitative estimate of drug-likeness (QED) is 0.139. The Morgan fingerprint density at radius 1 is 0.574 bits per heavy atom. The summed E-state index contributed by atoms with van der Waals surface area (Å²) < 4.78 is 25.8. The largest absolute Gasteiger partial charge is 0.508 e. The summed E-state index contributed by atoms with van der Waals surface area (Å²) in [6.07, 6.45) is -0.216. The molecule has 1 N–H and O–H groups in total. The van der Waals surface area contributed by atoms with Gasteiger partial charge in [0.05, 0.1) is 32.5 Å². The van der Waals surface area contributed by atoms with Gasteiger partial charge in [-0.1, -0.05) is 36.4 Å². The fraction of sp³-hybridized carbons (Fsp3) is 0.135. The molecule has 10 heteroatoms. The number of carbonyl (C=O) groups is 4. The predicted molar refractivity (Wildman–Crippen MR) is 172 cm³/mol. The van der Waals surface area contributed by atoms with Crippen LogP contribution in [0.1, 0.15) is 43.4 Å². The standard InChI is InChI=1S/C19H16O5.C18H14O5/c1-22-13-9-7-12(8-10-13)19(21)18-14-5-3-4-6-15(14)24-16(18)11-17(20)23-2;1-22-16(20)10-15-17(13-4-2-3-5-14(13)23-15)18(21)11-6-8-12(19)9-7-11/h3-10H,11H2,1-2H3;2-9,19H,10H2,1H3. The second-order valence-electron chi connectivity index (χ2n) is 10.2. The van der Waals surface area contributed by atoms with E-state index in [9.17, 15) is 24.3 Å². The number of methoxy groups -OCH3 is 3. The number of para-hydroxylation sites is 2. The summed E-state index contributed by atoms with van der Waals surface area (Å²) in [5.41, 5.74) is 2.73. The van der Waals surface area contributed by atoms with Gasteiger partial charge in [0.1, 0.15) is 47.0 Å². The van der Waals surface area contributed by atoms with Crippen LogP contribution in [0.25, 0.3) is 21.9 Å². The highest BCUT2D eigenvalue weighted by Crippen LogP contribution is 2.30. The smallest absolute Gasteiger partial charge is 0.313 e. The lowest BCUT2D eigenvalue weighted by Crippen LogP contribution is -2.09. The molecule has 238 valence electrons. The molecule has 6 aromatic rings. The minimum atomic E-state index is -0.483. The van der Waals surface area contributed by atoms with Crippen molar-refractivity contribution in [3.63, 3.8) is 0 Å². The number of benzene rings is 4. The second-order valence-corrected chi connectivity index (χ2v) is 10.2. The highest BCUT2D eigenvalue weighted by atomic mass is 16.5. The molecule has 2 heterocycles. The molecule has 0 amide bonds. The van der Waals surface area contributed by atoms with Crippen LogP contribution in [0.4, 0.5) is 0 Å². The van der Waals surface area contributed by atoms with Crippen LogP contribution in [0.5, 0.6) is 11.5 Å². The molecule has 0 aliphatic heterocycles. The molecule has 0 radical (unpaired) electrons. The van der Waals surface area contributed by atoms with E-state index in [1.165, 1.54) is 38.5 Å². The van der Waals surface area contributed by atoms with Crippen LogP contribution in [-0.4, -0.2) is 49.9 Å². The van der Waals surface area contributed by atoms with E-state index in [-0.39, 0.29) is 35.9 Å². The third-order valence-electron chi connectivity index (χ3n) is 7.34. The summed E-state index contributed by atoms with van der Waals surface area (Å²) in [5, 5.41) is 10.7. The number of carbonyl (C=O) groups excluding carboxylic acids is 4. The Morgan fingerprint density at radius 3 is 1.38 bits per heavy atom. The number of rotatable bonds is 9. The Balaban J connectivity index is 0.000000185. The van der Waals surface area contributed by atoms with Crippen molar-refractivity contribution in [2.24, 2.45) is 0 Å². The lowest BCUT2D eigenvalue weighted by molar-refractivity contribution is -0.141. The normalized spacial score (nSPS) is 10.6. The van der Waals surface area contributed by atoms with Crippen molar-refractivity contribution in [3.8, 4) is 11.5 Å². The second kappa shape index (κ2) is 14.3. The maximum absolute atomic E-state index is 13.0. The number of phenols is 1. The molecule has 6 rings (SSSR count). The first kappa shape index (κ1) is 32.2. The fourth-order valence-electron chi connectivity index (χ4n) is 4.99. The van der Waals surface area contributed by atoms with E-state index in [4.69, 9.17) is 18.3 Å². The molecule has 0 saturated carbocycles. The van der Waals surface area contributed by atoms with E-state index in [2.05, 4.69) is 4.74 Å². The average molecular weight is 635 g/mol. The number of ether oxygens (including phenoxy) is 3. The van der Waals surface area contributed by atoms with Crippen LogP contribution in [0, 0.1) is 0 Å². The number of hydrogen-bond donors (Lipinski definition) is 1. The first-order valence-corrected chi connectivity index (χ1v) is 14.4. The number of esters is 2. The van der Waals surface area contributed by atoms with E-state index >= 15 is 0 Å². The molecule has 0 atom stereocenters. The zero-order valence-electron chi connectivity index (χ0n) is 25.8. The molecule has 0 bridgehead atoms. The summed E-state index contributed by atoms with van der Waals surface area (Å²) in [5.74, 6) is -0.0937. The van der Waals surface area contributed by atoms with Gasteiger partial charge in [-0.25, -0.2) is 0 Å². The van der Waals surface area contributed by atoms with Crippen LogP contribution < -0.4 is 4.74 Å². The topological polar surface area (TPSA) is 142 Å². The van der Waals surface area contributed by atoms with Crippen molar-refractivity contribution in [1.82, 2.24) is 0 Å². The molecule has 0 saturated heterocycles. The van der Waals surface area contributed by atoms with Crippen molar-refractivity contribution in [1.29, 1.82) is 0 Å². The van der Waals surface area contributed by atoms with Crippen molar-refractivity contribution < 1.29 is 47.3 Å². The van der Waals surface area contributed by atoms with Gasteiger partial charge in [-0.05, 0) is 60.7 Å². The number of aromatic hydroxyl groups is 1. The average Bonchev–Trinajstić information content (AvgIpc) is 3.65. The summed E-state index contributed by atoms with van der Waals surface area (Å²) in [6, 6.07) is 27.1. The van der Waals surface area contributed by atoms with Crippen molar-refractivity contribution in [2.45, 2.75) is 12.8 Å². The van der Waals surface area contributed by atoms with Gasteiger partial charge in [0.2, 0.25) is 0 Å². The Labute approximate surface area is 269 Å². The maximum Gasteiger partial charge on any atom is 0.313 e. The number of phenolic OH excluding ortho intramolecular Hbond substituents is 1. The number of hydrogen-bond acceptors (Lipinski definition) is 10. The van der Waals surface area contributed by atoms with Crippen molar-refractivity contribution >= 4 is 45.4 Å². The molecule has 0 fully saturated rings. The van der Waals surface area contributed by atoms with E-state index < -0.39 is 11.9 Å². The fourth-order valence-corrected chi connectivity index (χ4v) is 4.99. The molecule has 10 nitrogen and oxygen atoms in total. The van der Waals surface area contributed by atoms with Crippen molar-refractivity contribution in [3.05, 3.63) is 131 Å². The van der Waals surface area contributed by atoms with E-state index in [1.807, 2.05) is 12.1 Å². The molecule has 0 aliphatic carbocycles. The maximum atomic E-state index is 13.0. The third-order valence-corrected chi connectivity index (χ3v) is 7.34. The lowest BCUT2D eigenvalue weighted by Gasteiger charge is -2.04. The van der Waals surface area contributed by atoms with Gasteiger partial charge in [-0.3, -0.25) is 19.2 Å². The van der Waals surface area contributed by atoms with E-state index in [1.54, 1.807) is 67.8 Å². The van der Waals surface area contributed by atoms with Crippen LogP contribution in [0.3, 0.4) is 0 Å². The monoisotopic (exact) mass is 634 g/mol. The van der Waals surface area contributed by atoms with Crippen LogP contribution >= 0.6 is 0 Å². The minimum Gasteiger partial charge on any atom is -0.508 e. The van der Waals surface area contributed by atoms with Gasteiger partial charge < -0.3 is 28.2 Å². The van der Waals surface area contributed by atoms with E-state index in [0.717, 1.165) is 0 Å². The van der Waals surface area contributed by atoms with Gasteiger partial charge >= 0.3 is 11.9 Å². The number of fused-ring (bicyclic) bond motifs is 2. The molecular formula is C37H30O10. The Morgan fingerprint density at radius 2 is 0.979 bits per heavy atom. The SMILES string of the molecule is COC(=O)Cc1oc2ccccc2c1C(=O)c1ccc(O)cc1.COC(=O)Cc1oc2ccccc2c1C(=O)c1ccc(OC)cc1.